The Hall–Kier alpha value is -0.570. The largest absolute Gasteiger partial charge is 0.465 e. The molecule has 116 valence electrons. The highest BCUT2D eigenvalue weighted by Gasteiger charge is 2.52. The zero-order valence-electron chi connectivity index (χ0n) is 13.4. The summed E-state index contributed by atoms with van der Waals surface area (Å²) in [5.74, 6) is 1.31. The van der Waals surface area contributed by atoms with E-state index in [4.69, 9.17) is 4.74 Å². The fourth-order valence-corrected chi connectivity index (χ4v) is 3.73. The monoisotopic (exact) mass is 281 g/mol. The van der Waals surface area contributed by atoms with Gasteiger partial charge in [0.25, 0.3) is 0 Å². The molecule has 0 atom stereocenters. The quantitative estimate of drug-likeness (QED) is 0.617. The van der Waals surface area contributed by atoms with Gasteiger partial charge in [-0.25, -0.2) is 0 Å². The van der Waals surface area contributed by atoms with E-state index in [1.807, 2.05) is 6.92 Å². The number of ether oxygens (including phenoxy) is 1. The molecule has 0 aromatic rings. The van der Waals surface area contributed by atoms with Crippen molar-refractivity contribution in [3.8, 4) is 0 Å². The van der Waals surface area contributed by atoms with E-state index in [2.05, 4.69) is 19.2 Å². The molecule has 0 aliphatic heterocycles. The van der Waals surface area contributed by atoms with Crippen molar-refractivity contribution in [2.45, 2.75) is 83.7 Å². The summed E-state index contributed by atoms with van der Waals surface area (Å²) < 4.78 is 5.35. The Morgan fingerprint density at radius 1 is 1.20 bits per heavy atom. The third-order valence-corrected chi connectivity index (χ3v) is 5.17. The van der Waals surface area contributed by atoms with E-state index < -0.39 is 0 Å². The lowest BCUT2D eigenvalue weighted by Crippen LogP contribution is -2.64. The minimum Gasteiger partial charge on any atom is -0.465 e. The molecule has 2 fully saturated rings. The van der Waals surface area contributed by atoms with Crippen LogP contribution < -0.4 is 5.32 Å². The zero-order valence-corrected chi connectivity index (χ0v) is 13.4. The molecule has 0 radical (unpaired) electrons. The lowest BCUT2D eigenvalue weighted by Gasteiger charge is -2.49. The molecule has 2 aliphatic rings. The first-order chi connectivity index (χ1) is 9.57. The topological polar surface area (TPSA) is 38.3 Å². The van der Waals surface area contributed by atoms with Crippen LogP contribution in [-0.4, -0.2) is 24.2 Å². The van der Waals surface area contributed by atoms with Gasteiger partial charge in [0, 0.05) is 6.04 Å². The predicted molar refractivity (Wildman–Crippen MR) is 81.6 cm³/mol. The van der Waals surface area contributed by atoms with Crippen molar-refractivity contribution in [2.24, 2.45) is 11.8 Å². The van der Waals surface area contributed by atoms with Crippen LogP contribution in [0.4, 0.5) is 0 Å². The molecule has 0 heterocycles. The summed E-state index contributed by atoms with van der Waals surface area (Å²) in [5.41, 5.74) is -0.375. The van der Waals surface area contributed by atoms with Crippen LogP contribution in [0.5, 0.6) is 0 Å². The molecule has 2 aliphatic carbocycles. The molecule has 2 rings (SSSR count). The zero-order chi connectivity index (χ0) is 14.6. The lowest BCUT2D eigenvalue weighted by molar-refractivity contribution is -0.159. The SMILES string of the molecule is CCOC(=O)C1(NC2CCCCCC2)CC(C(C)C)C1. The van der Waals surface area contributed by atoms with Crippen LogP contribution in [0.25, 0.3) is 0 Å². The molecule has 0 unspecified atom stereocenters. The highest BCUT2D eigenvalue weighted by atomic mass is 16.5. The van der Waals surface area contributed by atoms with Gasteiger partial charge < -0.3 is 4.74 Å². The molecule has 0 bridgehead atoms. The summed E-state index contributed by atoms with van der Waals surface area (Å²) in [5, 5.41) is 3.70. The highest BCUT2D eigenvalue weighted by molar-refractivity contribution is 5.82. The normalized spacial score (nSPS) is 31.7. The average molecular weight is 281 g/mol. The van der Waals surface area contributed by atoms with E-state index in [0.29, 0.717) is 24.5 Å². The molecule has 0 saturated heterocycles. The first kappa shape index (κ1) is 15.8. The van der Waals surface area contributed by atoms with Crippen LogP contribution in [0.3, 0.4) is 0 Å². The summed E-state index contributed by atoms with van der Waals surface area (Å²) in [6.07, 6.45) is 9.63. The molecule has 0 amide bonds. The van der Waals surface area contributed by atoms with Crippen molar-refractivity contribution in [2.75, 3.05) is 6.61 Å². The van der Waals surface area contributed by atoms with Crippen LogP contribution in [0, 0.1) is 11.8 Å². The molecule has 3 nitrogen and oxygen atoms in total. The Labute approximate surface area is 123 Å². The van der Waals surface area contributed by atoms with Crippen LogP contribution in [0.2, 0.25) is 0 Å². The van der Waals surface area contributed by atoms with Crippen molar-refractivity contribution in [1.82, 2.24) is 5.32 Å². The maximum Gasteiger partial charge on any atom is 0.326 e. The second-order valence-corrected chi connectivity index (χ2v) is 7.05. The van der Waals surface area contributed by atoms with Gasteiger partial charge in [0.15, 0.2) is 0 Å². The smallest absolute Gasteiger partial charge is 0.326 e. The summed E-state index contributed by atoms with van der Waals surface area (Å²) in [4.78, 5) is 12.4. The third-order valence-electron chi connectivity index (χ3n) is 5.17. The fourth-order valence-electron chi connectivity index (χ4n) is 3.73. The van der Waals surface area contributed by atoms with Crippen molar-refractivity contribution in [1.29, 1.82) is 0 Å². The van der Waals surface area contributed by atoms with Gasteiger partial charge in [-0.3, -0.25) is 10.1 Å². The minimum atomic E-state index is -0.375. The van der Waals surface area contributed by atoms with Crippen LogP contribution >= 0.6 is 0 Å². The van der Waals surface area contributed by atoms with Gasteiger partial charge in [0.05, 0.1) is 6.61 Å². The molecular formula is C17H31NO2. The molecule has 0 aromatic carbocycles. The summed E-state index contributed by atoms with van der Waals surface area (Å²) in [6, 6.07) is 0.509. The number of hydrogen-bond acceptors (Lipinski definition) is 3. The van der Waals surface area contributed by atoms with Gasteiger partial charge in [-0.05, 0) is 44.4 Å². The maximum absolute atomic E-state index is 12.4. The van der Waals surface area contributed by atoms with E-state index >= 15 is 0 Å². The van der Waals surface area contributed by atoms with Crippen LogP contribution in [0.1, 0.15) is 72.1 Å². The van der Waals surface area contributed by atoms with Crippen molar-refractivity contribution < 1.29 is 9.53 Å². The van der Waals surface area contributed by atoms with Gasteiger partial charge in [-0.1, -0.05) is 39.5 Å². The van der Waals surface area contributed by atoms with Crippen LogP contribution in [-0.2, 0) is 9.53 Å². The van der Waals surface area contributed by atoms with Gasteiger partial charge in [-0.15, -0.1) is 0 Å². The van der Waals surface area contributed by atoms with E-state index in [1.54, 1.807) is 0 Å². The Kier molecular flexibility index (Phi) is 5.48. The molecular weight excluding hydrogens is 250 g/mol. The van der Waals surface area contributed by atoms with Gasteiger partial charge >= 0.3 is 5.97 Å². The van der Waals surface area contributed by atoms with Gasteiger partial charge in [-0.2, -0.15) is 0 Å². The van der Waals surface area contributed by atoms with Crippen molar-refractivity contribution in [3.63, 3.8) is 0 Å². The second kappa shape index (κ2) is 6.93. The first-order valence-corrected chi connectivity index (χ1v) is 8.52. The lowest BCUT2D eigenvalue weighted by atomic mass is 9.63. The summed E-state index contributed by atoms with van der Waals surface area (Å²) in [6.45, 7) is 6.89. The number of carbonyl (C=O) groups excluding carboxylic acids is 1. The predicted octanol–water partition coefficient (Wildman–Crippen LogP) is 3.67. The molecule has 0 aromatic heterocycles. The fraction of sp³-hybridized carbons (Fsp3) is 0.941. The molecule has 3 heteroatoms. The Balaban J connectivity index is 1.98. The Morgan fingerprint density at radius 2 is 1.80 bits per heavy atom. The van der Waals surface area contributed by atoms with E-state index in [9.17, 15) is 4.79 Å². The molecule has 0 spiro atoms. The number of carbonyl (C=O) groups is 1. The number of nitrogens with one attached hydrogen (secondary N) is 1. The standard InChI is InChI=1S/C17H31NO2/c1-4-20-16(19)17(11-14(12-17)13(2)3)18-15-9-7-5-6-8-10-15/h13-15,18H,4-12H2,1-3H3. The molecule has 1 N–H and O–H groups in total. The average Bonchev–Trinajstić information content (AvgIpc) is 2.61. The molecule has 2 saturated carbocycles. The minimum absolute atomic E-state index is 0.0128. The Bertz CT molecular complexity index is 313. The highest BCUT2D eigenvalue weighted by Crippen LogP contribution is 2.44. The van der Waals surface area contributed by atoms with Gasteiger partial charge in [0.1, 0.15) is 5.54 Å². The third kappa shape index (κ3) is 3.55. The Morgan fingerprint density at radius 3 is 2.30 bits per heavy atom. The number of rotatable bonds is 5. The number of esters is 1. The van der Waals surface area contributed by atoms with Crippen LogP contribution in [0.15, 0.2) is 0 Å². The second-order valence-electron chi connectivity index (χ2n) is 7.05. The molecule has 20 heavy (non-hydrogen) atoms. The number of hydrogen-bond donors (Lipinski definition) is 1. The first-order valence-electron chi connectivity index (χ1n) is 8.52. The summed E-state index contributed by atoms with van der Waals surface area (Å²) >= 11 is 0. The van der Waals surface area contributed by atoms with Crippen molar-refractivity contribution >= 4 is 5.97 Å². The summed E-state index contributed by atoms with van der Waals surface area (Å²) in [7, 11) is 0. The van der Waals surface area contributed by atoms with E-state index in [-0.39, 0.29) is 11.5 Å². The van der Waals surface area contributed by atoms with E-state index in [1.165, 1.54) is 38.5 Å². The van der Waals surface area contributed by atoms with Gasteiger partial charge in [0.2, 0.25) is 0 Å². The van der Waals surface area contributed by atoms with Crippen molar-refractivity contribution in [3.05, 3.63) is 0 Å². The maximum atomic E-state index is 12.4. The van der Waals surface area contributed by atoms with E-state index in [0.717, 1.165) is 12.8 Å².